The fourth-order valence-corrected chi connectivity index (χ4v) is 3.10. The van der Waals surface area contributed by atoms with Crippen LogP contribution in [0.2, 0.25) is 0 Å². The van der Waals surface area contributed by atoms with Crippen LogP contribution in [0, 0.1) is 0 Å². The van der Waals surface area contributed by atoms with Gasteiger partial charge >= 0.3 is 0 Å². The van der Waals surface area contributed by atoms with Crippen LogP contribution in [-0.2, 0) is 5.41 Å². The lowest BCUT2D eigenvalue weighted by molar-refractivity contribution is 0.254. The third-order valence-electron chi connectivity index (χ3n) is 4.58. The van der Waals surface area contributed by atoms with Crippen molar-refractivity contribution < 1.29 is 0 Å². The Hall–Kier alpha value is -1.35. The first-order chi connectivity index (χ1) is 9.45. The Labute approximate surface area is 121 Å². The normalized spacial score (nSPS) is 18.8. The van der Waals surface area contributed by atoms with Gasteiger partial charge in [0.15, 0.2) is 0 Å². The number of nitrogens with zero attached hydrogens (tertiary/aromatic N) is 2. The topological polar surface area (TPSA) is 31.9 Å². The Morgan fingerprint density at radius 2 is 1.90 bits per heavy atom. The van der Waals surface area contributed by atoms with Gasteiger partial charge in [0.1, 0.15) is 0 Å². The minimum absolute atomic E-state index is 0.190. The first-order valence-corrected chi connectivity index (χ1v) is 7.62. The Morgan fingerprint density at radius 1 is 1.20 bits per heavy atom. The highest BCUT2D eigenvalue weighted by molar-refractivity contribution is 5.82. The lowest BCUT2D eigenvalue weighted by Gasteiger charge is -2.28. The second-order valence-electron chi connectivity index (χ2n) is 7.20. The van der Waals surface area contributed by atoms with Crippen LogP contribution >= 0.6 is 0 Å². The van der Waals surface area contributed by atoms with Gasteiger partial charge in [0, 0.05) is 17.0 Å². The quantitative estimate of drug-likeness (QED) is 0.858. The van der Waals surface area contributed by atoms with Gasteiger partial charge in [0.25, 0.3) is 0 Å². The van der Waals surface area contributed by atoms with E-state index in [1.165, 1.54) is 42.6 Å². The van der Waals surface area contributed by atoms with Crippen molar-refractivity contribution >= 4 is 10.9 Å². The molecule has 3 rings (SSSR count). The number of H-pyrrole nitrogens is 1. The van der Waals surface area contributed by atoms with E-state index in [1.807, 2.05) is 0 Å². The second-order valence-corrected chi connectivity index (χ2v) is 7.20. The third-order valence-corrected chi connectivity index (χ3v) is 4.58. The summed E-state index contributed by atoms with van der Waals surface area (Å²) >= 11 is 0. The average Bonchev–Trinajstić information content (AvgIpc) is 2.81. The molecule has 1 fully saturated rings. The van der Waals surface area contributed by atoms with Gasteiger partial charge in [0.05, 0.1) is 5.52 Å². The molecular formula is C17H25N3. The number of fused-ring (bicyclic) bond motifs is 1. The molecule has 0 amide bonds. The zero-order valence-electron chi connectivity index (χ0n) is 13.0. The fraction of sp³-hybridized carbons (Fsp3) is 0.588. The number of nitrogens with one attached hydrogen (secondary N) is 1. The number of rotatable bonds is 1. The number of piperidine rings is 1. The Balaban J connectivity index is 1.99. The fourth-order valence-electron chi connectivity index (χ4n) is 3.10. The summed E-state index contributed by atoms with van der Waals surface area (Å²) in [6.45, 7) is 9.17. The summed E-state index contributed by atoms with van der Waals surface area (Å²) in [5.74, 6) is 0.631. The molecule has 1 aliphatic rings. The molecule has 0 saturated carbocycles. The summed E-state index contributed by atoms with van der Waals surface area (Å²) in [6, 6.07) is 6.71. The molecule has 0 radical (unpaired) electrons. The molecule has 1 aliphatic heterocycles. The van der Waals surface area contributed by atoms with Crippen molar-refractivity contribution in [3.8, 4) is 0 Å². The summed E-state index contributed by atoms with van der Waals surface area (Å²) in [6.07, 6.45) is 2.46. The summed E-state index contributed by atoms with van der Waals surface area (Å²) in [7, 11) is 2.21. The van der Waals surface area contributed by atoms with Crippen LogP contribution in [0.4, 0.5) is 0 Å². The van der Waals surface area contributed by atoms with Crippen LogP contribution in [0.3, 0.4) is 0 Å². The number of likely N-dealkylation sites (tertiary alicyclic amines) is 1. The maximum absolute atomic E-state index is 4.50. The van der Waals surface area contributed by atoms with Gasteiger partial charge in [-0.15, -0.1) is 0 Å². The molecule has 20 heavy (non-hydrogen) atoms. The van der Waals surface area contributed by atoms with E-state index in [0.717, 1.165) is 5.52 Å². The maximum Gasteiger partial charge on any atom is 0.0924 e. The van der Waals surface area contributed by atoms with Crippen LogP contribution in [0.25, 0.3) is 10.9 Å². The minimum Gasteiger partial charge on any atom is -0.306 e. The van der Waals surface area contributed by atoms with Crippen molar-refractivity contribution in [2.45, 2.75) is 44.9 Å². The molecule has 0 bridgehead atoms. The molecule has 3 nitrogen and oxygen atoms in total. The van der Waals surface area contributed by atoms with E-state index in [4.69, 9.17) is 0 Å². The van der Waals surface area contributed by atoms with E-state index < -0.39 is 0 Å². The number of aromatic nitrogens is 2. The van der Waals surface area contributed by atoms with Gasteiger partial charge in [-0.1, -0.05) is 26.8 Å². The average molecular weight is 271 g/mol. The van der Waals surface area contributed by atoms with Crippen molar-refractivity contribution in [3.63, 3.8) is 0 Å². The molecular weight excluding hydrogens is 246 g/mol. The van der Waals surface area contributed by atoms with Crippen LogP contribution in [0.5, 0.6) is 0 Å². The maximum atomic E-state index is 4.50. The predicted molar refractivity (Wildman–Crippen MR) is 84.3 cm³/mol. The molecule has 2 heterocycles. The third kappa shape index (κ3) is 2.47. The highest BCUT2D eigenvalue weighted by Crippen LogP contribution is 2.33. The van der Waals surface area contributed by atoms with Gasteiger partial charge in [0.2, 0.25) is 0 Å². The molecule has 1 saturated heterocycles. The molecule has 2 aromatic rings. The Morgan fingerprint density at radius 3 is 2.55 bits per heavy atom. The van der Waals surface area contributed by atoms with E-state index in [9.17, 15) is 0 Å². The summed E-state index contributed by atoms with van der Waals surface area (Å²) in [5.41, 5.74) is 4.03. The van der Waals surface area contributed by atoms with E-state index in [-0.39, 0.29) is 5.41 Å². The summed E-state index contributed by atoms with van der Waals surface area (Å²) in [4.78, 5) is 2.41. The molecule has 0 unspecified atom stereocenters. The van der Waals surface area contributed by atoms with E-state index in [2.05, 4.69) is 61.1 Å². The first kappa shape index (κ1) is 13.6. The predicted octanol–water partition coefficient (Wildman–Crippen LogP) is 3.67. The lowest BCUT2D eigenvalue weighted by Crippen LogP contribution is -2.29. The zero-order valence-corrected chi connectivity index (χ0v) is 13.0. The smallest absolute Gasteiger partial charge is 0.0924 e. The largest absolute Gasteiger partial charge is 0.306 e. The molecule has 0 aliphatic carbocycles. The van der Waals surface area contributed by atoms with Crippen molar-refractivity contribution in [2.24, 2.45) is 0 Å². The van der Waals surface area contributed by atoms with Gasteiger partial charge in [-0.2, -0.15) is 5.10 Å². The molecule has 1 aromatic carbocycles. The monoisotopic (exact) mass is 271 g/mol. The highest BCUT2D eigenvalue weighted by Gasteiger charge is 2.23. The standard InChI is InChI=1S/C17H25N3/c1-17(2,3)13-5-6-15-14(11-13)16(19-18-15)12-7-9-20(4)10-8-12/h5-6,11-12H,7-10H2,1-4H3,(H,18,19). The number of hydrogen-bond acceptors (Lipinski definition) is 2. The number of benzene rings is 1. The zero-order chi connectivity index (χ0) is 14.3. The van der Waals surface area contributed by atoms with Gasteiger partial charge < -0.3 is 4.90 Å². The lowest BCUT2D eigenvalue weighted by atomic mass is 9.85. The molecule has 3 heteroatoms. The second kappa shape index (κ2) is 4.88. The van der Waals surface area contributed by atoms with E-state index in [0.29, 0.717) is 5.92 Å². The molecule has 0 spiro atoms. The van der Waals surface area contributed by atoms with Crippen LogP contribution in [0.1, 0.15) is 50.8 Å². The van der Waals surface area contributed by atoms with Crippen molar-refractivity contribution in [1.82, 2.24) is 15.1 Å². The Bertz CT molecular complexity index is 598. The van der Waals surface area contributed by atoms with Crippen LogP contribution < -0.4 is 0 Å². The van der Waals surface area contributed by atoms with Crippen molar-refractivity contribution in [2.75, 3.05) is 20.1 Å². The number of aromatic amines is 1. The van der Waals surface area contributed by atoms with Crippen molar-refractivity contribution in [3.05, 3.63) is 29.5 Å². The minimum atomic E-state index is 0.190. The van der Waals surface area contributed by atoms with Crippen LogP contribution in [0.15, 0.2) is 18.2 Å². The molecule has 1 aromatic heterocycles. The molecule has 1 N–H and O–H groups in total. The Kier molecular flexibility index (Phi) is 3.33. The van der Waals surface area contributed by atoms with E-state index >= 15 is 0 Å². The van der Waals surface area contributed by atoms with Crippen LogP contribution in [-0.4, -0.2) is 35.2 Å². The summed E-state index contributed by atoms with van der Waals surface area (Å²) in [5, 5.41) is 9.13. The van der Waals surface area contributed by atoms with E-state index in [1.54, 1.807) is 0 Å². The molecule has 0 atom stereocenters. The number of hydrogen-bond donors (Lipinski definition) is 1. The van der Waals surface area contributed by atoms with Crippen molar-refractivity contribution in [1.29, 1.82) is 0 Å². The van der Waals surface area contributed by atoms with Gasteiger partial charge in [-0.25, -0.2) is 0 Å². The SMILES string of the molecule is CN1CCC(c2[nH]nc3ccc(C(C)(C)C)cc23)CC1. The highest BCUT2D eigenvalue weighted by atomic mass is 15.1. The first-order valence-electron chi connectivity index (χ1n) is 7.62. The van der Waals surface area contributed by atoms with Gasteiger partial charge in [-0.3, -0.25) is 5.10 Å². The van der Waals surface area contributed by atoms with Gasteiger partial charge in [-0.05, 0) is 56.1 Å². The summed E-state index contributed by atoms with van der Waals surface area (Å²) < 4.78 is 0. The molecule has 108 valence electrons.